The van der Waals surface area contributed by atoms with Gasteiger partial charge in [0.25, 0.3) is 0 Å². The summed E-state index contributed by atoms with van der Waals surface area (Å²) in [6.07, 6.45) is 3.19. The van der Waals surface area contributed by atoms with Gasteiger partial charge in [-0.3, -0.25) is 0 Å². The summed E-state index contributed by atoms with van der Waals surface area (Å²) in [4.78, 5) is 6.85. The van der Waals surface area contributed by atoms with Gasteiger partial charge in [0, 0.05) is 16.9 Å². The van der Waals surface area contributed by atoms with Crippen molar-refractivity contribution < 1.29 is 13.2 Å². The number of ether oxygens (including phenoxy) is 1. The van der Waals surface area contributed by atoms with Gasteiger partial charge < -0.3 is 9.72 Å². The molecule has 0 atom stereocenters. The number of rotatable bonds is 5. The van der Waals surface area contributed by atoms with Gasteiger partial charge in [0.15, 0.2) is 0 Å². The van der Waals surface area contributed by atoms with E-state index in [1.54, 1.807) is 24.5 Å². The molecule has 8 heteroatoms. The van der Waals surface area contributed by atoms with E-state index in [0.717, 1.165) is 0 Å². The van der Waals surface area contributed by atoms with Crippen molar-refractivity contribution in [1.82, 2.24) is 14.7 Å². The van der Waals surface area contributed by atoms with Gasteiger partial charge in [-0.15, -0.1) is 0 Å². The molecule has 0 spiro atoms. The molecule has 102 valence electrons. The molecule has 1 aromatic heterocycles. The zero-order valence-electron chi connectivity index (χ0n) is 10.1. The van der Waals surface area contributed by atoms with Crippen LogP contribution in [0.4, 0.5) is 0 Å². The van der Waals surface area contributed by atoms with Crippen LogP contribution < -0.4 is 9.46 Å². The molecule has 2 N–H and O–H groups in total. The number of aromatic nitrogens is 2. The fourth-order valence-corrected chi connectivity index (χ4v) is 3.19. The largest absolute Gasteiger partial charge is 0.495 e. The highest BCUT2D eigenvalue weighted by molar-refractivity contribution is 9.10. The molecule has 0 bridgehead atoms. The van der Waals surface area contributed by atoms with Crippen molar-refractivity contribution in [2.75, 3.05) is 7.11 Å². The van der Waals surface area contributed by atoms with Crippen LogP contribution in [0.2, 0.25) is 0 Å². The zero-order valence-corrected chi connectivity index (χ0v) is 12.5. The minimum absolute atomic E-state index is 0.0796. The lowest BCUT2D eigenvalue weighted by Gasteiger charge is -2.10. The van der Waals surface area contributed by atoms with Gasteiger partial charge in [0.1, 0.15) is 16.5 Å². The molecule has 6 nitrogen and oxygen atoms in total. The Balaban J connectivity index is 2.26. The van der Waals surface area contributed by atoms with E-state index >= 15 is 0 Å². The average molecular weight is 346 g/mol. The molecule has 0 radical (unpaired) electrons. The van der Waals surface area contributed by atoms with Gasteiger partial charge in [0.05, 0.1) is 13.7 Å². The predicted molar refractivity (Wildman–Crippen MR) is 73.3 cm³/mol. The van der Waals surface area contributed by atoms with E-state index in [9.17, 15) is 8.42 Å². The van der Waals surface area contributed by atoms with Crippen LogP contribution in [0.3, 0.4) is 0 Å². The molecular formula is C11H12BrN3O3S. The molecule has 2 rings (SSSR count). The summed E-state index contributed by atoms with van der Waals surface area (Å²) in [7, 11) is -2.24. The lowest BCUT2D eigenvalue weighted by Crippen LogP contribution is -2.24. The molecular weight excluding hydrogens is 334 g/mol. The molecule has 0 saturated carbocycles. The van der Waals surface area contributed by atoms with Crippen LogP contribution in [0.5, 0.6) is 5.75 Å². The first kappa shape index (κ1) is 14.0. The lowest BCUT2D eigenvalue weighted by molar-refractivity contribution is 0.402. The first-order chi connectivity index (χ1) is 9.03. The summed E-state index contributed by atoms with van der Waals surface area (Å²) in [6, 6.07) is 4.79. The third-order valence-electron chi connectivity index (χ3n) is 2.40. The van der Waals surface area contributed by atoms with Gasteiger partial charge in [-0.05, 0) is 18.2 Å². The van der Waals surface area contributed by atoms with E-state index in [0.29, 0.717) is 10.3 Å². The van der Waals surface area contributed by atoms with Crippen LogP contribution >= 0.6 is 15.9 Å². The fraction of sp³-hybridized carbons (Fsp3) is 0.182. The van der Waals surface area contributed by atoms with E-state index in [1.165, 1.54) is 13.2 Å². The standard InChI is InChI=1S/C11H12BrN3O3S/c1-18-9-3-2-8(12)6-10(9)19(16,17)15-7-11-13-4-5-14-11/h2-6,15H,7H2,1H3,(H,13,14). The molecule has 0 fully saturated rings. The van der Waals surface area contributed by atoms with E-state index < -0.39 is 10.0 Å². The maximum absolute atomic E-state index is 12.2. The maximum Gasteiger partial charge on any atom is 0.244 e. The highest BCUT2D eigenvalue weighted by Crippen LogP contribution is 2.27. The molecule has 0 saturated heterocycles. The Morgan fingerprint density at radius 2 is 2.26 bits per heavy atom. The number of methoxy groups -OCH3 is 1. The van der Waals surface area contributed by atoms with Crippen LogP contribution in [-0.2, 0) is 16.6 Å². The average Bonchev–Trinajstić information content (AvgIpc) is 2.89. The van der Waals surface area contributed by atoms with Crippen LogP contribution in [0.1, 0.15) is 5.82 Å². The highest BCUT2D eigenvalue weighted by Gasteiger charge is 2.19. The van der Waals surface area contributed by atoms with Gasteiger partial charge in [0.2, 0.25) is 10.0 Å². The van der Waals surface area contributed by atoms with Gasteiger partial charge in [-0.2, -0.15) is 0 Å². The van der Waals surface area contributed by atoms with E-state index in [1.807, 2.05) is 0 Å². The van der Waals surface area contributed by atoms with E-state index in [4.69, 9.17) is 4.74 Å². The maximum atomic E-state index is 12.2. The molecule has 0 aliphatic carbocycles. The number of sulfonamides is 1. The number of nitrogens with zero attached hydrogens (tertiary/aromatic N) is 1. The topological polar surface area (TPSA) is 84.1 Å². The molecule has 0 amide bonds. The summed E-state index contributed by atoms with van der Waals surface area (Å²) in [5.74, 6) is 0.827. The van der Waals surface area contributed by atoms with Crippen molar-refractivity contribution >= 4 is 26.0 Å². The number of imidazole rings is 1. The van der Waals surface area contributed by atoms with Crippen LogP contribution in [0, 0.1) is 0 Å². The second-order valence-electron chi connectivity index (χ2n) is 3.66. The minimum atomic E-state index is -3.67. The van der Waals surface area contributed by atoms with Crippen molar-refractivity contribution in [1.29, 1.82) is 0 Å². The van der Waals surface area contributed by atoms with Crippen molar-refractivity contribution in [3.63, 3.8) is 0 Å². The summed E-state index contributed by atoms with van der Waals surface area (Å²) in [5.41, 5.74) is 0. The number of hydrogen-bond acceptors (Lipinski definition) is 4. The molecule has 0 aliphatic heterocycles. The molecule has 0 aliphatic rings. The van der Waals surface area contributed by atoms with E-state index in [-0.39, 0.29) is 17.2 Å². The van der Waals surface area contributed by atoms with Gasteiger partial charge in [-0.1, -0.05) is 15.9 Å². The first-order valence-electron chi connectivity index (χ1n) is 5.34. The van der Waals surface area contributed by atoms with Gasteiger partial charge >= 0.3 is 0 Å². The van der Waals surface area contributed by atoms with Crippen LogP contribution in [0.15, 0.2) is 40.0 Å². The Morgan fingerprint density at radius 1 is 1.47 bits per heavy atom. The zero-order chi connectivity index (χ0) is 13.9. The molecule has 1 aromatic carbocycles. The number of benzene rings is 1. The van der Waals surface area contributed by atoms with Gasteiger partial charge in [-0.25, -0.2) is 18.1 Å². The smallest absolute Gasteiger partial charge is 0.244 e. The van der Waals surface area contributed by atoms with E-state index in [2.05, 4.69) is 30.6 Å². The number of H-pyrrole nitrogens is 1. The highest BCUT2D eigenvalue weighted by atomic mass is 79.9. The minimum Gasteiger partial charge on any atom is -0.495 e. The third kappa shape index (κ3) is 3.34. The third-order valence-corrected chi connectivity index (χ3v) is 4.32. The first-order valence-corrected chi connectivity index (χ1v) is 7.62. The summed E-state index contributed by atoms with van der Waals surface area (Å²) >= 11 is 3.24. The van der Waals surface area contributed by atoms with Crippen molar-refractivity contribution in [2.45, 2.75) is 11.4 Å². The number of hydrogen-bond donors (Lipinski definition) is 2. The molecule has 19 heavy (non-hydrogen) atoms. The second kappa shape index (κ2) is 5.72. The SMILES string of the molecule is COc1ccc(Br)cc1S(=O)(=O)NCc1ncc[nH]1. The Bertz CT molecular complexity index is 656. The van der Waals surface area contributed by atoms with Crippen LogP contribution in [0.25, 0.3) is 0 Å². The molecule has 2 aromatic rings. The second-order valence-corrected chi connectivity index (χ2v) is 6.31. The fourth-order valence-electron chi connectivity index (χ4n) is 1.50. The van der Waals surface area contributed by atoms with Crippen LogP contribution in [-0.4, -0.2) is 25.5 Å². The Morgan fingerprint density at radius 3 is 2.89 bits per heavy atom. The van der Waals surface area contributed by atoms with Crippen molar-refractivity contribution in [3.8, 4) is 5.75 Å². The normalized spacial score (nSPS) is 11.5. The number of nitrogens with one attached hydrogen (secondary N) is 2. The monoisotopic (exact) mass is 345 g/mol. The molecule has 0 unspecified atom stereocenters. The number of aromatic amines is 1. The Kier molecular flexibility index (Phi) is 4.23. The quantitative estimate of drug-likeness (QED) is 0.862. The predicted octanol–water partition coefficient (Wildman–Crippen LogP) is 1.66. The van der Waals surface area contributed by atoms with Crippen molar-refractivity contribution in [2.24, 2.45) is 0 Å². The summed E-state index contributed by atoms with van der Waals surface area (Å²) < 4.78 is 32.6. The molecule has 1 heterocycles. The Hall–Kier alpha value is -1.38. The summed E-state index contributed by atoms with van der Waals surface area (Å²) in [6.45, 7) is 0.0883. The van der Waals surface area contributed by atoms with Crippen molar-refractivity contribution in [3.05, 3.63) is 40.9 Å². The Labute approximate surface area is 119 Å². The lowest BCUT2D eigenvalue weighted by atomic mass is 10.3. The summed E-state index contributed by atoms with van der Waals surface area (Å²) in [5, 5.41) is 0. The number of halogens is 1.